The average molecular weight is 399 g/mol. The van der Waals surface area contributed by atoms with Crippen LogP contribution in [-0.2, 0) is 14.4 Å². The molecule has 1 aliphatic carbocycles. The van der Waals surface area contributed by atoms with Gasteiger partial charge in [-0.15, -0.1) is 0 Å². The van der Waals surface area contributed by atoms with Crippen molar-refractivity contribution in [1.29, 1.82) is 0 Å². The van der Waals surface area contributed by atoms with Crippen LogP contribution in [0.4, 0.5) is 5.69 Å². The fraction of sp³-hybridized carbons (Fsp3) is 0.609. The molecule has 2 saturated heterocycles. The maximum Gasteiger partial charge on any atom is 0.307 e. The molecule has 1 aromatic rings. The molecule has 2 aliphatic heterocycles. The first-order valence-corrected chi connectivity index (χ1v) is 10.8. The van der Waals surface area contributed by atoms with Gasteiger partial charge in [0.1, 0.15) is 0 Å². The Morgan fingerprint density at radius 3 is 2.55 bits per heavy atom. The number of carbonyl (C=O) groups is 3. The molecule has 156 valence electrons. The third-order valence-electron chi connectivity index (χ3n) is 7.40. The van der Waals surface area contributed by atoms with E-state index >= 15 is 0 Å². The summed E-state index contributed by atoms with van der Waals surface area (Å²) >= 11 is 0. The van der Waals surface area contributed by atoms with E-state index in [0.29, 0.717) is 25.6 Å². The molecule has 1 spiro atoms. The number of benzene rings is 1. The summed E-state index contributed by atoms with van der Waals surface area (Å²) in [6.07, 6.45) is 3.52. The lowest BCUT2D eigenvalue weighted by Crippen LogP contribution is -2.43. The Morgan fingerprint density at radius 1 is 1.24 bits per heavy atom. The third kappa shape index (κ3) is 3.53. The number of rotatable bonds is 5. The molecule has 3 unspecified atom stereocenters. The van der Waals surface area contributed by atoms with Gasteiger partial charge < -0.3 is 14.9 Å². The molecule has 1 N–H and O–H groups in total. The first-order chi connectivity index (χ1) is 13.9. The summed E-state index contributed by atoms with van der Waals surface area (Å²) in [5.41, 5.74) is 2.00. The number of anilines is 1. The van der Waals surface area contributed by atoms with Gasteiger partial charge in [0, 0.05) is 31.7 Å². The maximum atomic E-state index is 13.1. The molecule has 6 heteroatoms. The summed E-state index contributed by atoms with van der Waals surface area (Å²) in [5, 5.41) is 9.24. The topological polar surface area (TPSA) is 77.9 Å². The van der Waals surface area contributed by atoms with E-state index in [0.717, 1.165) is 36.9 Å². The van der Waals surface area contributed by atoms with Crippen molar-refractivity contribution in [1.82, 2.24) is 4.90 Å². The molecule has 2 heterocycles. The number of carboxylic acids is 1. The molecule has 0 bridgehead atoms. The molecule has 1 saturated carbocycles. The van der Waals surface area contributed by atoms with E-state index < -0.39 is 5.97 Å². The van der Waals surface area contributed by atoms with E-state index in [9.17, 15) is 19.5 Å². The average Bonchev–Trinajstić information content (AvgIpc) is 3.29. The van der Waals surface area contributed by atoms with Crippen molar-refractivity contribution in [3.8, 4) is 0 Å². The summed E-state index contributed by atoms with van der Waals surface area (Å²) in [5.74, 6) is -0.837. The molecule has 3 aliphatic rings. The highest BCUT2D eigenvalue weighted by atomic mass is 16.4. The van der Waals surface area contributed by atoms with E-state index in [2.05, 4.69) is 19.9 Å². The van der Waals surface area contributed by atoms with Gasteiger partial charge in [0.05, 0.1) is 11.8 Å². The number of carboxylic acid groups (broad SMARTS) is 1. The summed E-state index contributed by atoms with van der Waals surface area (Å²) in [7, 11) is 0. The fourth-order valence-electron chi connectivity index (χ4n) is 5.16. The molecule has 0 aromatic heterocycles. The Balaban J connectivity index is 1.41. The first kappa shape index (κ1) is 19.9. The van der Waals surface area contributed by atoms with Gasteiger partial charge in [-0.2, -0.15) is 0 Å². The number of nitrogens with zero attached hydrogens (tertiary/aromatic N) is 2. The number of para-hydroxylation sites is 1. The molecule has 29 heavy (non-hydrogen) atoms. The lowest BCUT2D eigenvalue weighted by molar-refractivity contribution is -0.140. The van der Waals surface area contributed by atoms with Crippen LogP contribution >= 0.6 is 0 Å². The fourth-order valence-corrected chi connectivity index (χ4v) is 5.16. The molecule has 4 rings (SSSR count). The normalized spacial score (nSPS) is 26.6. The van der Waals surface area contributed by atoms with E-state index in [1.54, 1.807) is 4.90 Å². The van der Waals surface area contributed by atoms with Gasteiger partial charge >= 0.3 is 5.97 Å². The lowest BCUT2D eigenvalue weighted by atomic mass is 9.90. The van der Waals surface area contributed by atoms with Crippen LogP contribution in [0.3, 0.4) is 0 Å². The highest BCUT2D eigenvalue weighted by Gasteiger charge is 2.59. The summed E-state index contributed by atoms with van der Waals surface area (Å²) in [6.45, 7) is 5.95. The molecule has 3 atom stereocenters. The predicted molar refractivity (Wildman–Crippen MR) is 110 cm³/mol. The van der Waals surface area contributed by atoms with Gasteiger partial charge in [-0.05, 0) is 48.6 Å². The molecule has 1 aromatic carbocycles. The van der Waals surface area contributed by atoms with Gasteiger partial charge in [-0.25, -0.2) is 0 Å². The zero-order valence-electron chi connectivity index (χ0n) is 17.3. The number of aliphatic carboxylic acids is 1. The Kier molecular flexibility index (Phi) is 5.13. The van der Waals surface area contributed by atoms with Crippen molar-refractivity contribution in [2.75, 3.05) is 24.5 Å². The molecular formula is C23H30N2O4. The van der Waals surface area contributed by atoms with Crippen LogP contribution < -0.4 is 4.90 Å². The Bertz CT molecular complexity index is 828. The summed E-state index contributed by atoms with van der Waals surface area (Å²) in [4.78, 5) is 40.7. The van der Waals surface area contributed by atoms with Crippen molar-refractivity contribution < 1.29 is 19.5 Å². The number of hydrogen-bond donors (Lipinski definition) is 1. The van der Waals surface area contributed by atoms with E-state index in [-0.39, 0.29) is 35.5 Å². The van der Waals surface area contributed by atoms with Crippen molar-refractivity contribution in [3.63, 3.8) is 0 Å². The second-order valence-electron chi connectivity index (χ2n) is 9.06. The molecule has 3 fully saturated rings. The van der Waals surface area contributed by atoms with Gasteiger partial charge in [-0.3, -0.25) is 14.4 Å². The molecule has 0 radical (unpaired) electrons. The maximum absolute atomic E-state index is 13.1. The van der Waals surface area contributed by atoms with Crippen LogP contribution in [0.15, 0.2) is 24.3 Å². The lowest BCUT2D eigenvalue weighted by Gasteiger charge is -2.34. The Hall–Kier alpha value is -2.37. The van der Waals surface area contributed by atoms with Gasteiger partial charge in [0.25, 0.3) is 0 Å². The number of hydrogen-bond acceptors (Lipinski definition) is 3. The van der Waals surface area contributed by atoms with Gasteiger partial charge in [0.2, 0.25) is 11.8 Å². The minimum absolute atomic E-state index is 0.0146. The van der Waals surface area contributed by atoms with Crippen LogP contribution in [-0.4, -0.2) is 47.4 Å². The first-order valence-electron chi connectivity index (χ1n) is 10.8. The second kappa shape index (κ2) is 7.47. The number of piperidine rings is 1. The van der Waals surface area contributed by atoms with Crippen molar-refractivity contribution >= 4 is 23.5 Å². The summed E-state index contributed by atoms with van der Waals surface area (Å²) in [6, 6.07) is 8.00. The minimum Gasteiger partial charge on any atom is -0.481 e. The number of likely N-dealkylation sites (tertiary alicyclic amines) is 1. The molecular weight excluding hydrogens is 368 g/mol. The van der Waals surface area contributed by atoms with E-state index in [4.69, 9.17) is 0 Å². The predicted octanol–water partition coefficient (Wildman–Crippen LogP) is 3.27. The smallest absolute Gasteiger partial charge is 0.307 e. The van der Waals surface area contributed by atoms with E-state index in [1.807, 2.05) is 23.1 Å². The SMILES string of the molecule is CCC(C)c1ccccc1N1CC(C(=O)N2CCC3(CC2)CC3C(=O)O)CC1=O. The second-order valence-corrected chi connectivity index (χ2v) is 9.06. The van der Waals surface area contributed by atoms with Crippen molar-refractivity contribution in [2.24, 2.45) is 17.3 Å². The Labute approximate surface area is 171 Å². The van der Waals surface area contributed by atoms with Crippen LogP contribution in [0.5, 0.6) is 0 Å². The summed E-state index contributed by atoms with van der Waals surface area (Å²) < 4.78 is 0. The quantitative estimate of drug-likeness (QED) is 0.826. The van der Waals surface area contributed by atoms with Crippen LogP contribution in [0, 0.1) is 17.3 Å². The standard InChI is InChI=1S/C23H30N2O4/c1-3-15(2)17-6-4-5-7-19(17)25-14-16(12-20(25)26)21(27)24-10-8-23(9-11-24)13-18(23)22(28)29/h4-7,15-16,18H,3,8-14H2,1-2H3,(H,28,29). The zero-order valence-corrected chi connectivity index (χ0v) is 17.3. The van der Waals surface area contributed by atoms with Crippen molar-refractivity contribution in [3.05, 3.63) is 29.8 Å². The monoisotopic (exact) mass is 398 g/mol. The molecule has 6 nitrogen and oxygen atoms in total. The minimum atomic E-state index is -0.707. The number of amides is 2. The third-order valence-corrected chi connectivity index (χ3v) is 7.40. The van der Waals surface area contributed by atoms with E-state index in [1.165, 1.54) is 0 Å². The van der Waals surface area contributed by atoms with Crippen LogP contribution in [0.25, 0.3) is 0 Å². The zero-order chi connectivity index (χ0) is 20.8. The van der Waals surface area contributed by atoms with Gasteiger partial charge in [0.15, 0.2) is 0 Å². The highest BCUT2D eigenvalue weighted by molar-refractivity contribution is 6.01. The largest absolute Gasteiger partial charge is 0.481 e. The van der Waals surface area contributed by atoms with Gasteiger partial charge in [-0.1, -0.05) is 32.0 Å². The highest BCUT2D eigenvalue weighted by Crippen LogP contribution is 2.59. The number of carbonyl (C=O) groups excluding carboxylic acids is 2. The van der Waals surface area contributed by atoms with Crippen LogP contribution in [0.1, 0.15) is 57.4 Å². The Morgan fingerprint density at radius 2 is 1.93 bits per heavy atom. The van der Waals surface area contributed by atoms with Crippen LogP contribution in [0.2, 0.25) is 0 Å². The van der Waals surface area contributed by atoms with Crippen molar-refractivity contribution in [2.45, 2.75) is 51.9 Å². The molecule has 2 amide bonds.